The lowest BCUT2D eigenvalue weighted by atomic mass is 10.1. The lowest BCUT2D eigenvalue weighted by molar-refractivity contribution is -0.117. The van der Waals surface area contributed by atoms with Crippen LogP contribution in [0, 0.1) is 0 Å². The van der Waals surface area contributed by atoms with Gasteiger partial charge in [-0.1, -0.05) is 36.4 Å². The third-order valence-corrected chi connectivity index (χ3v) is 5.12. The summed E-state index contributed by atoms with van der Waals surface area (Å²) in [5.41, 5.74) is 3.27. The Morgan fingerprint density at radius 1 is 0.962 bits per heavy atom. The van der Waals surface area contributed by atoms with Gasteiger partial charge in [0, 0.05) is 37.6 Å². The normalized spacial score (nSPS) is 21.2. The molecule has 26 heavy (non-hydrogen) atoms. The van der Waals surface area contributed by atoms with Crippen molar-refractivity contribution < 1.29 is 9.53 Å². The number of anilines is 2. The molecule has 1 unspecified atom stereocenters. The second-order valence-electron chi connectivity index (χ2n) is 6.86. The fourth-order valence-corrected chi connectivity index (χ4v) is 3.67. The predicted octanol–water partition coefficient (Wildman–Crippen LogP) is 2.74. The number of carbonyl (C=O) groups excluding carboxylic acids is 1. The van der Waals surface area contributed by atoms with Crippen LogP contribution in [0.1, 0.15) is 12.0 Å². The molecule has 0 saturated carbocycles. The van der Waals surface area contributed by atoms with Crippen molar-refractivity contribution in [3.63, 3.8) is 0 Å². The summed E-state index contributed by atoms with van der Waals surface area (Å²) in [5, 5.41) is 3.50. The summed E-state index contributed by atoms with van der Waals surface area (Å²) < 4.78 is 5.44. The van der Waals surface area contributed by atoms with E-state index in [2.05, 4.69) is 28.4 Å². The van der Waals surface area contributed by atoms with Crippen LogP contribution in [0.25, 0.3) is 0 Å². The smallest absolute Gasteiger partial charge is 0.249 e. The van der Waals surface area contributed by atoms with Crippen LogP contribution in [0.4, 0.5) is 11.4 Å². The van der Waals surface area contributed by atoms with Crippen LogP contribution >= 0.6 is 0 Å². The SMILES string of the molecule is O=C1C(Nc2ccccc2CN2CCOCC2)CCN1c1ccccc1. The molecule has 136 valence electrons. The van der Waals surface area contributed by atoms with Crippen LogP contribution in [0.3, 0.4) is 0 Å². The molecular weight excluding hydrogens is 326 g/mol. The van der Waals surface area contributed by atoms with Gasteiger partial charge in [-0.2, -0.15) is 0 Å². The molecule has 2 heterocycles. The number of carbonyl (C=O) groups is 1. The summed E-state index contributed by atoms with van der Waals surface area (Å²) in [6, 6.07) is 18.1. The Hall–Kier alpha value is -2.37. The molecule has 2 fully saturated rings. The first kappa shape index (κ1) is 17.1. The number of hydrogen-bond donors (Lipinski definition) is 1. The van der Waals surface area contributed by atoms with Crippen LogP contribution in [0.2, 0.25) is 0 Å². The number of amides is 1. The van der Waals surface area contributed by atoms with Crippen molar-refractivity contribution in [1.82, 2.24) is 4.90 Å². The maximum atomic E-state index is 12.8. The summed E-state index contributed by atoms with van der Waals surface area (Å²) in [6.45, 7) is 5.14. The van der Waals surface area contributed by atoms with Crippen LogP contribution in [-0.2, 0) is 16.1 Å². The van der Waals surface area contributed by atoms with E-state index in [0.29, 0.717) is 0 Å². The number of morpholine rings is 1. The molecule has 0 aliphatic carbocycles. The van der Waals surface area contributed by atoms with Crippen molar-refractivity contribution >= 4 is 17.3 Å². The number of benzene rings is 2. The molecule has 2 aromatic rings. The Morgan fingerprint density at radius 2 is 1.69 bits per heavy atom. The molecule has 2 saturated heterocycles. The van der Waals surface area contributed by atoms with Gasteiger partial charge in [0.2, 0.25) is 5.91 Å². The van der Waals surface area contributed by atoms with Crippen molar-refractivity contribution in [3.8, 4) is 0 Å². The van der Waals surface area contributed by atoms with Gasteiger partial charge in [-0.25, -0.2) is 0 Å². The van der Waals surface area contributed by atoms with Gasteiger partial charge in [0.1, 0.15) is 6.04 Å². The van der Waals surface area contributed by atoms with Gasteiger partial charge in [0.15, 0.2) is 0 Å². The first-order chi connectivity index (χ1) is 12.8. The Morgan fingerprint density at radius 3 is 2.50 bits per heavy atom. The molecule has 0 radical (unpaired) electrons. The van der Waals surface area contributed by atoms with Crippen LogP contribution in [0.15, 0.2) is 54.6 Å². The van der Waals surface area contributed by atoms with Gasteiger partial charge in [-0.15, -0.1) is 0 Å². The minimum atomic E-state index is -0.166. The number of nitrogens with one attached hydrogen (secondary N) is 1. The summed E-state index contributed by atoms with van der Waals surface area (Å²) in [4.78, 5) is 17.1. The maximum Gasteiger partial charge on any atom is 0.249 e. The average Bonchev–Trinajstić information content (AvgIpc) is 3.05. The lowest BCUT2D eigenvalue weighted by Gasteiger charge is -2.28. The van der Waals surface area contributed by atoms with E-state index in [4.69, 9.17) is 4.74 Å². The topological polar surface area (TPSA) is 44.8 Å². The molecule has 0 spiro atoms. The average molecular weight is 351 g/mol. The minimum Gasteiger partial charge on any atom is -0.379 e. The van der Waals surface area contributed by atoms with E-state index < -0.39 is 0 Å². The lowest BCUT2D eigenvalue weighted by Crippen LogP contribution is -2.36. The molecule has 2 aliphatic heterocycles. The number of ether oxygens (including phenoxy) is 1. The zero-order valence-corrected chi connectivity index (χ0v) is 14.9. The van der Waals surface area contributed by atoms with Crippen LogP contribution in [0.5, 0.6) is 0 Å². The summed E-state index contributed by atoms with van der Waals surface area (Å²) >= 11 is 0. The molecule has 1 atom stereocenters. The van der Waals surface area contributed by atoms with E-state index in [1.54, 1.807) is 0 Å². The van der Waals surface area contributed by atoms with Gasteiger partial charge in [-0.05, 0) is 30.2 Å². The maximum absolute atomic E-state index is 12.8. The number of nitrogens with zero attached hydrogens (tertiary/aromatic N) is 2. The van der Waals surface area contributed by atoms with E-state index in [0.717, 1.165) is 57.2 Å². The van der Waals surface area contributed by atoms with E-state index >= 15 is 0 Å². The summed E-state index contributed by atoms with van der Waals surface area (Å²) in [7, 11) is 0. The molecule has 5 nitrogen and oxygen atoms in total. The number of rotatable bonds is 5. The van der Waals surface area contributed by atoms with Crippen LogP contribution < -0.4 is 10.2 Å². The zero-order valence-electron chi connectivity index (χ0n) is 14.9. The first-order valence-corrected chi connectivity index (χ1v) is 9.32. The minimum absolute atomic E-state index is 0.150. The van der Waals surface area contributed by atoms with Gasteiger partial charge >= 0.3 is 0 Å². The molecule has 0 aromatic heterocycles. The summed E-state index contributed by atoms with van der Waals surface area (Å²) in [6.07, 6.45) is 0.819. The van der Waals surface area contributed by atoms with E-state index in [-0.39, 0.29) is 11.9 Å². The van der Waals surface area contributed by atoms with E-state index in [1.165, 1.54) is 5.56 Å². The van der Waals surface area contributed by atoms with Crippen molar-refractivity contribution in [3.05, 3.63) is 60.2 Å². The van der Waals surface area contributed by atoms with Crippen LogP contribution in [-0.4, -0.2) is 49.7 Å². The Labute approximate surface area is 154 Å². The highest BCUT2D eigenvalue weighted by molar-refractivity contribution is 6.01. The largest absolute Gasteiger partial charge is 0.379 e. The molecule has 2 aliphatic rings. The molecule has 1 N–H and O–H groups in total. The van der Waals surface area contributed by atoms with Gasteiger partial charge in [0.05, 0.1) is 13.2 Å². The third kappa shape index (κ3) is 3.74. The fourth-order valence-electron chi connectivity index (χ4n) is 3.67. The van der Waals surface area contributed by atoms with E-state index in [1.807, 2.05) is 41.3 Å². The number of hydrogen-bond acceptors (Lipinski definition) is 4. The quantitative estimate of drug-likeness (QED) is 0.900. The first-order valence-electron chi connectivity index (χ1n) is 9.32. The third-order valence-electron chi connectivity index (χ3n) is 5.12. The molecule has 2 aromatic carbocycles. The molecule has 4 rings (SSSR count). The monoisotopic (exact) mass is 351 g/mol. The molecule has 5 heteroatoms. The Balaban J connectivity index is 1.45. The highest BCUT2D eigenvalue weighted by Crippen LogP contribution is 2.25. The second-order valence-corrected chi connectivity index (χ2v) is 6.86. The van der Waals surface area contributed by atoms with Crippen molar-refractivity contribution in [2.45, 2.75) is 19.0 Å². The van der Waals surface area contributed by atoms with Crippen molar-refractivity contribution in [2.75, 3.05) is 43.1 Å². The highest BCUT2D eigenvalue weighted by Gasteiger charge is 2.32. The fraction of sp³-hybridized carbons (Fsp3) is 0.381. The van der Waals surface area contributed by atoms with Gasteiger partial charge in [0.25, 0.3) is 0 Å². The Kier molecular flexibility index (Phi) is 5.18. The van der Waals surface area contributed by atoms with Crippen molar-refractivity contribution in [2.24, 2.45) is 0 Å². The Bertz CT molecular complexity index is 744. The van der Waals surface area contributed by atoms with Gasteiger partial charge < -0.3 is 15.0 Å². The number of para-hydroxylation sites is 2. The highest BCUT2D eigenvalue weighted by atomic mass is 16.5. The molecular formula is C21H25N3O2. The van der Waals surface area contributed by atoms with Crippen molar-refractivity contribution in [1.29, 1.82) is 0 Å². The molecule has 1 amide bonds. The van der Waals surface area contributed by atoms with Gasteiger partial charge in [-0.3, -0.25) is 9.69 Å². The second kappa shape index (κ2) is 7.89. The standard InChI is InChI=1S/C21H25N3O2/c25-21-20(10-11-24(21)18-7-2-1-3-8-18)22-19-9-5-4-6-17(19)16-23-12-14-26-15-13-23/h1-9,20,22H,10-16H2. The predicted molar refractivity (Wildman–Crippen MR) is 103 cm³/mol. The zero-order chi connectivity index (χ0) is 17.8. The molecule has 0 bridgehead atoms. The summed E-state index contributed by atoms with van der Waals surface area (Å²) in [5.74, 6) is 0.150. The van der Waals surface area contributed by atoms with E-state index in [9.17, 15) is 4.79 Å².